The quantitative estimate of drug-likeness (QED) is 0.167. The van der Waals surface area contributed by atoms with Gasteiger partial charge in [-0.3, -0.25) is 4.98 Å². The molecule has 0 radical (unpaired) electrons. The summed E-state index contributed by atoms with van der Waals surface area (Å²) >= 11 is 0. The summed E-state index contributed by atoms with van der Waals surface area (Å²) in [7, 11) is 0. The number of rotatable bonds is 1. The average Bonchev–Trinajstić information content (AvgIpc) is 3.95. The van der Waals surface area contributed by atoms with Gasteiger partial charge in [-0.25, -0.2) is 0 Å². The van der Waals surface area contributed by atoms with Crippen molar-refractivity contribution in [2.75, 3.05) is 0 Å². The molecule has 292 valence electrons. The van der Waals surface area contributed by atoms with Crippen LogP contribution in [0.15, 0.2) is 72.9 Å². The Morgan fingerprint density at radius 1 is 0.633 bits per heavy atom. The van der Waals surface area contributed by atoms with E-state index < -0.39 is 0 Å². The number of hydrogen-bond acceptors (Lipinski definition) is 2. The summed E-state index contributed by atoms with van der Waals surface area (Å²) in [6.45, 7) is 7.34. The maximum atomic E-state index is 11.1. The molecule has 0 N–H and O–H groups in total. The number of nitrogens with zero attached hydrogens (tertiary/aromatic N) is 3. The third-order valence-corrected chi connectivity index (χ3v) is 19.6. The minimum absolute atomic E-state index is 0.104. The minimum Gasteiger partial charge on any atom is -0.306 e. The van der Waals surface area contributed by atoms with E-state index in [0.29, 0.717) is 29.1 Å². The Labute approximate surface area is 351 Å². The molecule has 60 heavy (non-hydrogen) atoms. The molecule has 7 unspecified atom stereocenters. The first-order valence-corrected chi connectivity index (χ1v) is 23.6. The molecule has 0 amide bonds. The van der Waals surface area contributed by atoms with Crippen molar-refractivity contribution in [2.24, 2.45) is 29.1 Å². The summed E-state index contributed by atoms with van der Waals surface area (Å²) in [4.78, 5) is 5.57. The van der Waals surface area contributed by atoms with Crippen molar-refractivity contribution >= 4 is 48.9 Å². The number of pyridine rings is 1. The van der Waals surface area contributed by atoms with Gasteiger partial charge in [0.2, 0.25) is 0 Å². The lowest BCUT2D eigenvalue weighted by atomic mass is 9.56. The predicted octanol–water partition coefficient (Wildman–Crippen LogP) is 14.3. The van der Waals surface area contributed by atoms with E-state index in [1.807, 2.05) is 0 Å². The van der Waals surface area contributed by atoms with Crippen LogP contribution in [0, 0.1) is 47.3 Å². The van der Waals surface area contributed by atoms with Gasteiger partial charge in [0.05, 0.1) is 34.4 Å². The number of nitriles is 1. The van der Waals surface area contributed by atoms with Crippen molar-refractivity contribution in [3.05, 3.63) is 118 Å². The van der Waals surface area contributed by atoms with Crippen LogP contribution in [0.1, 0.15) is 146 Å². The van der Waals surface area contributed by atoms with Gasteiger partial charge in [0.25, 0.3) is 0 Å². The summed E-state index contributed by atoms with van der Waals surface area (Å²) in [5.41, 5.74) is 21.2. The summed E-state index contributed by atoms with van der Waals surface area (Å²) < 4.78 is 2.64. The second-order valence-electron chi connectivity index (χ2n) is 22.2. The van der Waals surface area contributed by atoms with E-state index in [2.05, 4.69) is 104 Å². The Morgan fingerprint density at radius 3 is 2.17 bits per heavy atom. The molecule has 5 saturated carbocycles. The highest BCUT2D eigenvalue weighted by atomic mass is 14.9. The van der Waals surface area contributed by atoms with Crippen LogP contribution in [-0.4, -0.2) is 9.38 Å². The Kier molecular flexibility index (Phi) is 5.58. The summed E-state index contributed by atoms with van der Waals surface area (Å²) in [6.07, 6.45) is 15.6. The first kappa shape index (κ1) is 32.6. The van der Waals surface area contributed by atoms with Crippen LogP contribution in [0.25, 0.3) is 71.1 Å². The monoisotopic (exact) mass is 775 g/mol. The second kappa shape index (κ2) is 10.3. The zero-order valence-corrected chi connectivity index (χ0v) is 35.0. The van der Waals surface area contributed by atoms with E-state index in [4.69, 9.17) is 4.98 Å². The molecule has 5 fully saturated rings. The molecule has 3 heteroatoms. The lowest BCUT2D eigenvalue weighted by molar-refractivity contribution is 0.00322. The number of aryl methyl sites for hydroxylation is 1. The average molecular weight is 776 g/mol. The Morgan fingerprint density at radius 2 is 1.37 bits per heavy atom. The Hall–Kier alpha value is -5.20. The molecule has 3 nitrogen and oxygen atoms in total. The smallest absolute Gasteiger partial charge is 0.0995 e. The molecule has 9 aliphatic carbocycles. The van der Waals surface area contributed by atoms with Gasteiger partial charge >= 0.3 is 0 Å². The SMILES string of the molecule is Cc1c(-c2cc3c(c4ccccc24)-c2ccccc2C3(C)C)cc2c3c4c(ncc3n3c5cc(C#N)c6c(c5c1c23)C1CC2CC3CC6CC32C1)C1CC2CC(C1)CC4C2. The van der Waals surface area contributed by atoms with E-state index in [1.54, 1.807) is 11.1 Å². The van der Waals surface area contributed by atoms with Gasteiger partial charge in [0, 0.05) is 38.6 Å². The maximum Gasteiger partial charge on any atom is 0.0995 e. The molecular formula is C57H49N3. The summed E-state index contributed by atoms with van der Waals surface area (Å²) in [5, 5.41) is 19.7. The van der Waals surface area contributed by atoms with Gasteiger partial charge in [-0.1, -0.05) is 62.4 Å². The molecule has 7 atom stereocenters. The maximum absolute atomic E-state index is 11.1. The van der Waals surface area contributed by atoms with Crippen LogP contribution in [0.3, 0.4) is 0 Å². The summed E-state index contributed by atoms with van der Waals surface area (Å²) in [6, 6.07) is 28.9. The van der Waals surface area contributed by atoms with Crippen LogP contribution in [0.4, 0.5) is 0 Å². The molecule has 8 aromatic rings. The van der Waals surface area contributed by atoms with Crippen LogP contribution in [0.2, 0.25) is 0 Å². The van der Waals surface area contributed by atoms with E-state index in [9.17, 15) is 5.26 Å². The molecule has 17 rings (SSSR count). The van der Waals surface area contributed by atoms with E-state index in [-0.39, 0.29) is 5.41 Å². The van der Waals surface area contributed by atoms with Crippen LogP contribution >= 0.6 is 0 Å². The highest BCUT2D eigenvalue weighted by Gasteiger charge is 2.66. The highest BCUT2D eigenvalue weighted by Crippen LogP contribution is 2.77. The standard InChI is InChI=1S/C57H49N3/c1-27-40(41-22-44-51(38-9-5-4-8-37(38)41)39-10-6-7-11-43(39)56(44,2)3)21-42-52-46(26-59-54-31-15-28-12-29(16-31)14-30(13-28)50(52)54)60-45-19-34(25-58)48-32-17-35-20-36-18-33(24-57(35,36)23-32)49(48)53(45)47(27)55(42)60/h4-11,19,21-22,26,28-33,35-36H,12-18,20,23-24H2,1-3H3. The van der Waals surface area contributed by atoms with Gasteiger partial charge in [0.15, 0.2) is 0 Å². The van der Waals surface area contributed by atoms with Crippen molar-refractivity contribution in [3.8, 4) is 28.3 Å². The molecule has 1 spiro atoms. The molecule has 0 aliphatic heterocycles. The Bertz CT molecular complexity index is 3390. The van der Waals surface area contributed by atoms with E-state index in [0.717, 1.165) is 29.2 Å². The lowest BCUT2D eigenvalue weighted by Crippen LogP contribution is -2.41. The fourth-order valence-corrected chi connectivity index (χ4v) is 17.7. The fourth-order valence-electron chi connectivity index (χ4n) is 17.7. The van der Waals surface area contributed by atoms with E-state index >= 15 is 0 Å². The van der Waals surface area contributed by atoms with Crippen molar-refractivity contribution < 1.29 is 0 Å². The van der Waals surface area contributed by atoms with Crippen molar-refractivity contribution in [3.63, 3.8) is 0 Å². The zero-order chi connectivity index (χ0) is 39.3. The molecule has 0 saturated heterocycles. The molecule has 7 bridgehead atoms. The number of hydrogen-bond donors (Lipinski definition) is 0. The van der Waals surface area contributed by atoms with Crippen molar-refractivity contribution in [2.45, 2.75) is 114 Å². The normalized spacial score (nSPS) is 31.8. The first-order valence-electron chi connectivity index (χ1n) is 23.6. The van der Waals surface area contributed by atoms with Gasteiger partial charge in [-0.2, -0.15) is 5.26 Å². The first-order chi connectivity index (χ1) is 29.3. The fraction of sp³-hybridized carbons (Fsp3) is 0.404. The van der Waals surface area contributed by atoms with Gasteiger partial charge < -0.3 is 4.40 Å². The predicted molar refractivity (Wildman–Crippen MR) is 242 cm³/mol. The van der Waals surface area contributed by atoms with Crippen molar-refractivity contribution in [1.82, 2.24) is 9.38 Å². The van der Waals surface area contributed by atoms with Crippen molar-refractivity contribution in [1.29, 1.82) is 5.26 Å². The molecule has 9 aliphatic rings. The van der Waals surface area contributed by atoms with E-state index in [1.165, 1.54) is 163 Å². The molecule has 3 aromatic heterocycles. The molecular weight excluding hydrogens is 727 g/mol. The largest absolute Gasteiger partial charge is 0.306 e. The highest BCUT2D eigenvalue weighted by molar-refractivity contribution is 6.28. The zero-order valence-electron chi connectivity index (χ0n) is 35.0. The third kappa shape index (κ3) is 3.48. The lowest BCUT2D eigenvalue weighted by Gasteiger charge is -2.48. The summed E-state index contributed by atoms with van der Waals surface area (Å²) in [5.74, 6) is 5.63. The number of aromatic nitrogens is 2. The number of benzene rings is 5. The minimum atomic E-state index is -0.104. The molecule has 5 aromatic carbocycles. The van der Waals surface area contributed by atoms with Gasteiger partial charge in [-0.15, -0.1) is 0 Å². The molecule has 3 heterocycles. The Balaban J connectivity index is 1.09. The number of fused-ring (bicyclic) bond motifs is 17. The van der Waals surface area contributed by atoms with Gasteiger partial charge in [0.1, 0.15) is 0 Å². The topological polar surface area (TPSA) is 41.1 Å². The van der Waals surface area contributed by atoms with Crippen LogP contribution < -0.4 is 0 Å². The third-order valence-electron chi connectivity index (χ3n) is 19.6. The van der Waals surface area contributed by atoms with Crippen LogP contribution in [-0.2, 0) is 5.41 Å². The second-order valence-corrected chi connectivity index (χ2v) is 22.2. The van der Waals surface area contributed by atoms with Gasteiger partial charge in [-0.05, 0) is 203 Å². The van der Waals surface area contributed by atoms with Crippen LogP contribution in [0.5, 0.6) is 0 Å².